The van der Waals surface area contributed by atoms with E-state index in [1.165, 1.54) is 5.57 Å². The van der Waals surface area contributed by atoms with Crippen LogP contribution >= 0.6 is 0 Å². The Bertz CT molecular complexity index is 814. The summed E-state index contributed by atoms with van der Waals surface area (Å²) in [5.41, 5.74) is 3.98. The van der Waals surface area contributed by atoms with Crippen molar-refractivity contribution in [3.05, 3.63) is 59.7 Å². The van der Waals surface area contributed by atoms with Gasteiger partial charge >= 0.3 is 0 Å². The third kappa shape index (κ3) is 2.25. The normalized spacial score (nSPS) is 10.9. The van der Waals surface area contributed by atoms with Crippen LogP contribution in [0.4, 0.5) is 0 Å². The Morgan fingerprint density at radius 1 is 1.10 bits per heavy atom. The Labute approximate surface area is 118 Å². The van der Waals surface area contributed by atoms with Gasteiger partial charge in [0.15, 0.2) is 0 Å². The van der Waals surface area contributed by atoms with Gasteiger partial charge in [0.2, 0.25) is 0 Å². The third-order valence-corrected chi connectivity index (χ3v) is 3.49. The van der Waals surface area contributed by atoms with Gasteiger partial charge in [0.1, 0.15) is 5.75 Å². The molecule has 3 rings (SSSR count). The first-order chi connectivity index (χ1) is 9.65. The van der Waals surface area contributed by atoms with E-state index >= 15 is 0 Å². The predicted octanol–water partition coefficient (Wildman–Crippen LogP) is 4.60. The second-order valence-corrected chi connectivity index (χ2v) is 5.31. The molecule has 0 radical (unpaired) electrons. The molecule has 0 spiro atoms. The van der Waals surface area contributed by atoms with Gasteiger partial charge in [-0.25, -0.2) is 4.98 Å². The van der Waals surface area contributed by atoms with Crippen molar-refractivity contribution in [3.8, 4) is 5.75 Å². The molecule has 0 aliphatic heterocycles. The number of nitrogens with zero attached hydrogens (tertiary/aromatic N) is 1. The van der Waals surface area contributed by atoms with Crippen LogP contribution in [-0.2, 0) is 6.42 Å². The van der Waals surface area contributed by atoms with Gasteiger partial charge in [-0.2, -0.15) is 0 Å². The number of rotatable bonds is 2. The first-order valence-electron chi connectivity index (χ1n) is 6.79. The molecule has 0 saturated heterocycles. The van der Waals surface area contributed by atoms with Gasteiger partial charge in [0.05, 0.1) is 11.0 Å². The van der Waals surface area contributed by atoms with E-state index in [0.717, 1.165) is 33.8 Å². The van der Waals surface area contributed by atoms with E-state index in [4.69, 9.17) is 0 Å². The Morgan fingerprint density at radius 3 is 2.70 bits per heavy atom. The third-order valence-electron chi connectivity index (χ3n) is 3.49. The van der Waals surface area contributed by atoms with E-state index in [-0.39, 0.29) is 0 Å². The maximum absolute atomic E-state index is 10.5. The first kappa shape index (κ1) is 12.7. The Balaban J connectivity index is 2.20. The van der Waals surface area contributed by atoms with Gasteiger partial charge in [-0.15, -0.1) is 0 Å². The Kier molecular flexibility index (Phi) is 3.15. The minimum Gasteiger partial charge on any atom is -0.507 e. The number of phenolic OH excluding ortho intramolecular Hbond substituents is 1. The van der Waals surface area contributed by atoms with Crippen molar-refractivity contribution in [3.63, 3.8) is 0 Å². The second kappa shape index (κ2) is 4.97. The number of aromatic hydroxyl groups is 1. The molecule has 0 saturated carbocycles. The van der Waals surface area contributed by atoms with Crippen molar-refractivity contribution < 1.29 is 5.11 Å². The summed E-state index contributed by atoms with van der Waals surface area (Å²) in [7, 11) is 0. The van der Waals surface area contributed by atoms with Crippen molar-refractivity contribution in [2.75, 3.05) is 0 Å². The summed E-state index contributed by atoms with van der Waals surface area (Å²) in [6.45, 7) is 4.13. The molecule has 0 fully saturated rings. The van der Waals surface area contributed by atoms with Crippen LogP contribution in [0.3, 0.4) is 0 Å². The van der Waals surface area contributed by atoms with Crippen LogP contribution in [0.1, 0.15) is 19.4 Å². The van der Waals surface area contributed by atoms with E-state index in [9.17, 15) is 5.11 Å². The van der Waals surface area contributed by atoms with Crippen LogP contribution in [0.5, 0.6) is 5.75 Å². The number of aromatic nitrogens is 1. The van der Waals surface area contributed by atoms with Crippen molar-refractivity contribution in [2.24, 2.45) is 0 Å². The van der Waals surface area contributed by atoms with Crippen LogP contribution in [-0.4, -0.2) is 10.1 Å². The number of hydrogen-bond acceptors (Lipinski definition) is 2. The van der Waals surface area contributed by atoms with E-state index in [2.05, 4.69) is 24.9 Å². The fourth-order valence-corrected chi connectivity index (χ4v) is 2.36. The monoisotopic (exact) mass is 263 g/mol. The second-order valence-electron chi connectivity index (χ2n) is 5.31. The van der Waals surface area contributed by atoms with Gasteiger partial charge in [0.25, 0.3) is 0 Å². The molecule has 1 heterocycles. The lowest BCUT2D eigenvalue weighted by atomic mass is 10.0. The molecule has 1 N–H and O–H groups in total. The fraction of sp³-hybridized carbons (Fsp3) is 0.167. The molecule has 20 heavy (non-hydrogen) atoms. The average molecular weight is 263 g/mol. The maximum Gasteiger partial charge on any atom is 0.128 e. The molecule has 2 aromatic carbocycles. The van der Waals surface area contributed by atoms with Gasteiger partial charge in [-0.3, -0.25) is 0 Å². The summed E-state index contributed by atoms with van der Waals surface area (Å²) in [5.74, 6) is 0.346. The molecule has 3 aromatic rings. The highest BCUT2D eigenvalue weighted by molar-refractivity contribution is 5.96. The molecule has 0 atom stereocenters. The summed E-state index contributed by atoms with van der Waals surface area (Å²) in [4.78, 5) is 4.60. The number of allylic oxidation sites excluding steroid dienone is 2. The number of hydrogen-bond donors (Lipinski definition) is 1. The summed E-state index contributed by atoms with van der Waals surface area (Å²) in [6.07, 6.45) is 2.87. The SMILES string of the molecule is CC(C)=CCc1ccc2nc3ccccc3cc2c1O. The molecule has 0 aliphatic rings. The number of pyridine rings is 1. The molecule has 2 heteroatoms. The Hall–Kier alpha value is -2.35. The fourth-order valence-electron chi connectivity index (χ4n) is 2.36. The number of phenols is 1. The van der Waals surface area contributed by atoms with Crippen LogP contribution in [0.2, 0.25) is 0 Å². The van der Waals surface area contributed by atoms with Crippen LogP contribution < -0.4 is 0 Å². The molecule has 0 bridgehead atoms. The van der Waals surface area contributed by atoms with E-state index < -0.39 is 0 Å². The highest BCUT2D eigenvalue weighted by Gasteiger charge is 2.07. The lowest BCUT2D eigenvalue weighted by molar-refractivity contribution is 0.476. The molecular formula is C18H17NO. The lowest BCUT2D eigenvalue weighted by Gasteiger charge is -2.07. The van der Waals surface area contributed by atoms with Crippen molar-refractivity contribution >= 4 is 21.8 Å². The standard InChI is InChI=1S/C18H17NO/c1-12(2)7-8-13-9-10-17-15(18(13)20)11-14-5-3-4-6-16(14)19-17/h3-7,9-11,20H,8H2,1-2H3. The lowest BCUT2D eigenvalue weighted by Crippen LogP contribution is -1.88. The van der Waals surface area contributed by atoms with E-state index in [1.807, 2.05) is 42.5 Å². The maximum atomic E-state index is 10.5. The molecule has 2 nitrogen and oxygen atoms in total. The van der Waals surface area contributed by atoms with Gasteiger partial charge < -0.3 is 5.11 Å². The smallest absolute Gasteiger partial charge is 0.128 e. The zero-order valence-electron chi connectivity index (χ0n) is 11.7. The number of benzene rings is 2. The highest BCUT2D eigenvalue weighted by atomic mass is 16.3. The van der Waals surface area contributed by atoms with Crippen molar-refractivity contribution in [1.82, 2.24) is 4.98 Å². The Morgan fingerprint density at radius 2 is 1.90 bits per heavy atom. The van der Waals surface area contributed by atoms with Crippen LogP contribution in [0, 0.1) is 0 Å². The van der Waals surface area contributed by atoms with Crippen LogP contribution in [0.15, 0.2) is 54.1 Å². The molecular weight excluding hydrogens is 246 g/mol. The molecule has 0 aliphatic carbocycles. The molecule has 0 amide bonds. The van der Waals surface area contributed by atoms with E-state index in [0.29, 0.717) is 5.75 Å². The van der Waals surface area contributed by atoms with Gasteiger partial charge in [-0.05, 0) is 44.0 Å². The topological polar surface area (TPSA) is 33.1 Å². The van der Waals surface area contributed by atoms with E-state index in [1.54, 1.807) is 0 Å². The minimum absolute atomic E-state index is 0.346. The zero-order chi connectivity index (χ0) is 14.1. The molecule has 100 valence electrons. The zero-order valence-corrected chi connectivity index (χ0v) is 11.7. The molecule has 1 aromatic heterocycles. The summed E-state index contributed by atoms with van der Waals surface area (Å²) in [5, 5.41) is 12.3. The number of fused-ring (bicyclic) bond motifs is 2. The van der Waals surface area contributed by atoms with Crippen molar-refractivity contribution in [2.45, 2.75) is 20.3 Å². The average Bonchev–Trinajstić information content (AvgIpc) is 2.45. The highest BCUT2D eigenvalue weighted by Crippen LogP contribution is 2.30. The summed E-state index contributed by atoms with van der Waals surface area (Å²) < 4.78 is 0. The quantitative estimate of drug-likeness (QED) is 0.541. The summed E-state index contributed by atoms with van der Waals surface area (Å²) >= 11 is 0. The minimum atomic E-state index is 0.346. The van der Waals surface area contributed by atoms with Crippen molar-refractivity contribution in [1.29, 1.82) is 0 Å². The van der Waals surface area contributed by atoms with Gasteiger partial charge in [0, 0.05) is 10.8 Å². The number of para-hydroxylation sites is 1. The molecule has 0 unspecified atom stereocenters. The van der Waals surface area contributed by atoms with Gasteiger partial charge in [-0.1, -0.05) is 35.9 Å². The largest absolute Gasteiger partial charge is 0.507 e. The first-order valence-corrected chi connectivity index (χ1v) is 6.79. The summed E-state index contributed by atoms with van der Waals surface area (Å²) in [6, 6.07) is 13.9. The van der Waals surface area contributed by atoms with Crippen LogP contribution in [0.25, 0.3) is 21.8 Å². The predicted molar refractivity (Wildman–Crippen MR) is 84.0 cm³/mol.